The van der Waals surface area contributed by atoms with Crippen LogP contribution in [-0.4, -0.2) is 4.57 Å². The Balaban J connectivity index is 1.93. The smallest absolute Gasteiger partial charge is 0.0778 e. The summed E-state index contributed by atoms with van der Waals surface area (Å²) >= 11 is 0. The summed E-state index contributed by atoms with van der Waals surface area (Å²) in [5.41, 5.74) is 4.02. The van der Waals surface area contributed by atoms with Crippen molar-refractivity contribution in [3.8, 4) is 0 Å². The predicted molar refractivity (Wildman–Crippen MR) is 75.6 cm³/mol. The molecule has 1 nitrogen and oxygen atoms in total. The first-order valence-corrected chi connectivity index (χ1v) is 6.26. The molecule has 4 rings (SSSR count). The first-order chi connectivity index (χ1) is 8.93. The quantitative estimate of drug-likeness (QED) is 0.589. The molecule has 1 heterocycles. The lowest BCUT2D eigenvalue weighted by atomic mass is 10.1. The SMILES string of the molecule is C1=CC(n2ccc3ccccc32)c2ccccc21. The fourth-order valence-corrected chi connectivity index (χ4v) is 2.82. The third-order valence-corrected chi connectivity index (χ3v) is 3.70. The van der Waals surface area contributed by atoms with Gasteiger partial charge < -0.3 is 4.57 Å². The highest BCUT2D eigenvalue weighted by Crippen LogP contribution is 2.33. The van der Waals surface area contributed by atoms with Crippen molar-refractivity contribution in [2.45, 2.75) is 6.04 Å². The van der Waals surface area contributed by atoms with Crippen LogP contribution in [0.15, 0.2) is 66.9 Å². The third-order valence-electron chi connectivity index (χ3n) is 3.70. The summed E-state index contributed by atoms with van der Waals surface area (Å²) in [5, 5.41) is 1.30. The molecule has 2 aromatic carbocycles. The lowest BCUT2D eigenvalue weighted by molar-refractivity contribution is 0.740. The van der Waals surface area contributed by atoms with Crippen LogP contribution in [0.4, 0.5) is 0 Å². The van der Waals surface area contributed by atoms with E-state index in [-0.39, 0.29) is 0 Å². The molecule has 0 aliphatic heterocycles. The minimum absolute atomic E-state index is 0.334. The number of hydrogen-bond acceptors (Lipinski definition) is 0. The first-order valence-electron chi connectivity index (χ1n) is 6.26. The normalized spacial score (nSPS) is 17.2. The summed E-state index contributed by atoms with van der Waals surface area (Å²) in [6.07, 6.45) is 6.67. The third kappa shape index (κ3) is 1.28. The Hall–Kier alpha value is -2.28. The highest BCUT2D eigenvalue weighted by molar-refractivity contribution is 5.81. The van der Waals surface area contributed by atoms with Crippen molar-refractivity contribution in [1.82, 2.24) is 4.57 Å². The van der Waals surface area contributed by atoms with E-state index in [1.807, 2.05) is 0 Å². The monoisotopic (exact) mass is 231 g/mol. The number of benzene rings is 2. The average molecular weight is 231 g/mol. The van der Waals surface area contributed by atoms with Gasteiger partial charge in [0.2, 0.25) is 0 Å². The zero-order chi connectivity index (χ0) is 11.9. The van der Waals surface area contributed by atoms with Crippen molar-refractivity contribution in [3.63, 3.8) is 0 Å². The summed E-state index contributed by atoms with van der Waals surface area (Å²) in [6.45, 7) is 0. The molecular formula is C17H13N. The number of fused-ring (bicyclic) bond motifs is 2. The van der Waals surface area contributed by atoms with Crippen LogP contribution in [0.5, 0.6) is 0 Å². The van der Waals surface area contributed by atoms with Gasteiger partial charge in [-0.3, -0.25) is 0 Å². The van der Waals surface area contributed by atoms with Gasteiger partial charge in [0.05, 0.1) is 6.04 Å². The molecule has 1 atom stereocenters. The summed E-state index contributed by atoms with van der Waals surface area (Å²) in [7, 11) is 0. The number of rotatable bonds is 1. The standard InChI is InChI=1S/C17H13N/c1-3-7-15-13(5-1)9-10-17(15)18-12-11-14-6-2-4-8-16(14)18/h1-12,17H. The van der Waals surface area contributed by atoms with Crippen molar-refractivity contribution >= 4 is 17.0 Å². The molecule has 0 fully saturated rings. The first kappa shape index (κ1) is 9.72. The second-order valence-electron chi connectivity index (χ2n) is 4.71. The van der Waals surface area contributed by atoms with E-state index in [0.29, 0.717) is 6.04 Å². The Labute approximate surface area is 106 Å². The predicted octanol–water partition coefficient (Wildman–Crippen LogP) is 4.26. The van der Waals surface area contributed by atoms with E-state index in [9.17, 15) is 0 Å². The Morgan fingerprint density at radius 3 is 2.67 bits per heavy atom. The maximum atomic E-state index is 2.34. The molecule has 0 N–H and O–H groups in total. The molecule has 1 aliphatic carbocycles. The molecule has 0 saturated heterocycles. The lowest BCUT2D eigenvalue weighted by Gasteiger charge is -2.14. The van der Waals surface area contributed by atoms with E-state index >= 15 is 0 Å². The molecule has 86 valence electrons. The maximum Gasteiger partial charge on any atom is 0.0778 e. The highest BCUT2D eigenvalue weighted by atomic mass is 15.0. The van der Waals surface area contributed by atoms with Crippen LogP contribution in [0.2, 0.25) is 0 Å². The van der Waals surface area contributed by atoms with E-state index in [0.717, 1.165) is 0 Å². The average Bonchev–Trinajstić information content (AvgIpc) is 3.01. The van der Waals surface area contributed by atoms with E-state index in [1.54, 1.807) is 0 Å². The Morgan fingerprint density at radius 2 is 1.67 bits per heavy atom. The molecule has 0 spiro atoms. The minimum Gasteiger partial charge on any atom is -0.336 e. The zero-order valence-corrected chi connectivity index (χ0v) is 9.95. The van der Waals surface area contributed by atoms with Crippen molar-refractivity contribution in [2.75, 3.05) is 0 Å². The van der Waals surface area contributed by atoms with Gasteiger partial charge >= 0.3 is 0 Å². The maximum absolute atomic E-state index is 2.34. The van der Waals surface area contributed by atoms with Gasteiger partial charge in [-0.25, -0.2) is 0 Å². The second-order valence-corrected chi connectivity index (χ2v) is 4.71. The Morgan fingerprint density at radius 1 is 0.833 bits per heavy atom. The van der Waals surface area contributed by atoms with Gasteiger partial charge in [0.15, 0.2) is 0 Å². The number of para-hydroxylation sites is 1. The van der Waals surface area contributed by atoms with Crippen LogP contribution in [0.25, 0.3) is 17.0 Å². The van der Waals surface area contributed by atoms with Crippen LogP contribution in [0.3, 0.4) is 0 Å². The van der Waals surface area contributed by atoms with Gasteiger partial charge in [0, 0.05) is 11.7 Å². The number of aromatic nitrogens is 1. The van der Waals surface area contributed by atoms with Crippen molar-refractivity contribution < 1.29 is 0 Å². The van der Waals surface area contributed by atoms with Crippen LogP contribution in [0.1, 0.15) is 17.2 Å². The molecule has 18 heavy (non-hydrogen) atoms. The molecule has 1 unspecified atom stereocenters. The van der Waals surface area contributed by atoms with Crippen LogP contribution in [0, 0.1) is 0 Å². The van der Waals surface area contributed by atoms with Crippen molar-refractivity contribution in [3.05, 3.63) is 78.0 Å². The number of nitrogens with zero attached hydrogens (tertiary/aromatic N) is 1. The molecule has 0 saturated carbocycles. The molecule has 1 aromatic heterocycles. The molecule has 3 aromatic rings. The second kappa shape index (κ2) is 3.61. The van der Waals surface area contributed by atoms with E-state index in [1.165, 1.54) is 22.0 Å². The largest absolute Gasteiger partial charge is 0.336 e. The van der Waals surface area contributed by atoms with Gasteiger partial charge in [0.25, 0.3) is 0 Å². The van der Waals surface area contributed by atoms with Gasteiger partial charge in [-0.2, -0.15) is 0 Å². The van der Waals surface area contributed by atoms with Gasteiger partial charge in [-0.05, 0) is 28.6 Å². The van der Waals surface area contributed by atoms with Crippen LogP contribution >= 0.6 is 0 Å². The summed E-state index contributed by atoms with van der Waals surface area (Å²) in [5.74, 6) is 0. The minimum atomic E-state index is 0.334. The highest BCUT2D eigenvalue weighted by Gasteiger charge is 2.18. The summed E-state index contributed by atoms with van der Waals surface area (Å²) in [6, 6.07) is 19.7. The lowest BCUT2D eigenvalue weighted by Crippen LogP contribution is -2.04. The molecule has 0 bridgehead atoms. The summed E-state index contributed by atoms with van der Waals surface area (Å²) in [4.78, 5) is 0. The topological polar surface area (TPSA) is 4.93 Å². The number of hydrogen-bond donors (Lipinski definition) is 0. The molecular weight excluding hydrogens is 218 g/mol. The van der Waals surface area contributed by atoms with Crippen LogP contribution in [-0.2, 0) is 0 Å². The van der Waals surface area contributed by atoms with Crippen LogP contribution < -0.4 is 0 Å². The molecule has 1 aliphatic rings. The zero-order valence-electron chi connectivity index (χ0n) is 9.95. The van der Waals surface area contributed by atoms with Gasteiger partial charge in [-0.15, -0.1) is 0 Å². The van der Waals surface area contributed by atoms with Gasteiger partial charge in [-0.1, -0.05) is 54.6 Å². The fourth-order valence-electron chi connectivity index (χ4n) is 2.82. The molecule has 1 heteroatoms. The van der Waals surface area contributed by atoms with Crippen molar-refractivity contribution in [2.24, 2.45) is 0 Å². The fraction of sp³-hybridized carbons (Fsp3) is 0.0588. The van der Waals surface area contributed by atoms with Gasteiger partial charge in [0.1, 0.15) is 0 Å². The van der Waals surface area contributed by atoms with E-state index in [4.69, 9.17) is 0 Å². The van der Waals surface area contributed by atoms with Crippen molar-refractivity contribution in [1.29, 1.82) is 0 Å². The van der Waals surface area contributed by atoms with E-state index in [2.05, 4.69) is 77.5 Å². The molecule has 0 radical (unpaired) electrons. The Kier molecular flexibility index (Phi) is 1.95. The summed E-state index contributed by atoms with van der Waals surface area (Å²) < 4.78 is 2.34. The Bertz CT molecular complexity index is 749. The number of allylic oxidation sites excluding steroid dienone is 1. The molecule has 0 amide bonds. The van der Waals surface area contributed by atoms with E-state index < -0.39 is 0 Å².